The second-order valence-electron chi connectivity index (χ2n) is 14.1. The Morgan fingerprint density at radius 1 is 0.333 bits per heavy atom. The molecule has 2 nitrogen and oxygen atoms in total. The largest absolute Gasteiger partial charge is 0.455 e. The molecule has 11 aromatic rings. The van der Waals surface area contributed by atoms with E-state index in [-0.39, 0.29) is 0 Å². The monoisotopic (exact) mass is 687 g/mol. The van der Waals surface area contributed by atoms with Gasteiger partial charge in [-0.1, -0.05) is 152 Å². The number of furan rings is 1. The molecule has 2 heteroatoms. The van der Waals surface area contributed by atoms with Crippen molar-refractivity contribution in [3.8, 4) is 22.3 Å². The van der Waals surface area contributed by atoms with Gasteiger partial charge in [-0.25, -0.2) is 0 Å². The van der Waals surface area contributed by atoms with E-state index in [0.717, 1.165) is 55.5 Å². The zero-order valence-electron chi connectivity index (χ0n) is 29.4. The first-order valence-electron chi connectivity index (χ1n) is 18.5. The predicted molar refractivity (Wildman–Crippen MR) is 229 cm³/mol. The Morgan fingerprint density at radius 3 is 1.81 bits per heavy atom. The first-order valence-corrected chi connectivity index (χ1v) is 18.5. The summed E-state index contributed by atoms with van der Waals surface area (Å²) in [6, 6.07) is 72.3. The van der Waals surface area contributed by atoms with Crippen molar-refractivity contribution in [2.24, 2.45) is 0 Å². The summed E-state index contributed by atoms with van der Waals surface area (Å²) in [5.41, 5.74) is 9.86. The smallest absolute Gasteiger partial charge is 0.143 e. The number of rotatable bonds is 5. The molecule has 0 spiro atoms. The Balaban J connectivity index is 1.09. The molecule has 0 aliphatic carbocycles. The molecule has 54 heavy (non-hydrogen) atoms. The van der Waals surface area contributed by atoms with Gasteiger partial charge in [0, 0.05) is 32.9 Å². The van der Waals surface area contributed by atoms with Crippen LogP contribution in [0.1, 0.15) is 0 Å². The molecule has 0 bridgehead atoms. The first-order chi connectivity index (χ1) is 26.8. The topological polar surface area (TPSA) is 16.4 Å². The standard InChI is InChI=1S/C52H33NO/c1-5-19-42-34(12-1)15-10-24-49(42)53(39-29-26-36(27-30-39)48-33-38-14-3-4-18-41(38)45-21-7-8-22-46(45)48)40-17-9-16-37(32-40)43-23-11-25-50-51(43)47-31-28-35-13-2-6-20-44(35)52(47)54-50/h1-33H. The molecule has 0 aliphatic heterocycles. The highest BCUT2D eigenvalue weighted by atomic mass is 16.3. The molecule has 0 amide bonds. The van der Waals surface area contributed by atoms with E-state index in [1.54, 1.807) is 0 Å². The van der Waals surface area contributed by atoms with Gasteiger partial charge in [0.15, 0.2) is 0 Å². The van der Waals surface area contributed by atoms with E-state index in [1.807, 2.05) is 0 Å². The fraction of sp³-hybridized carbons (Fsp3) is 0. The van der Waals surface area contributed by atoms with E-state index in [0.29, 0.717) is 0 Å². The summed E-state index contributed by atoms with van der Waals surface area (Å²) in [6.45, 7) is 0. The lowest BCUT2D eigenvalue weighted by Gasteiger charge is -2.27. The van der Waals surface area contributed by atoms with Gasteiger partial charge < -0.3 is 9.32 Å². The van der Waals surface area contributed by atoms with Crippen molar-refractivity contribution in [2.75, 3.05) is 4.90 Å². The van der Waals surface area contributed by atoms with Gasteiger partial charge in [-0.05, 0) is 103 Å². The first kappa shape index (κ1) is 30.5. The van der Waals surface area contributed by atoms with E-state index in [2.05, 4.69) is 205 Å². The van der Waals surface area contributed by atoms with Crippen LogP contribution < -0.4 is 4.90 Å². The summed E-state index contributed by atoms with van der Waals surface area (Å²) in [7, 11) is 0. The molecule has 0 fully saturated rings. The molecule has 0 saturated heterocycles. The van der Waals surface area contributed by atoms with Crippen LogP contribution in [-0.4, -0.2) is 0 Å². The summed E-state index contributed by atoms with van der Waals surface area (Å²) < 4.78 is 6.58. The molecule has 0 saturated carbocycles. The van der Waals surface area contributed by atoms with Crippen LogP contribution in [-0.2, 0) is 0 Å². The van der Waals surface area contributed by atoms with E-state index >= 15 is 0 Å². The van der Waals surface area contributed by atoms with Gasteiger partial charge in [-0.3, -0.25) is 0 Å². The van der Waals surface area contributed by atoms with Gasteiger partial charge in [0.1, 0.15) is 11.2 Å². The van der Waals surface area contributed by atoms with Crippen molar-refractivity contribution in [3.05, 3.63) is 200 Å². The van der Waals surface area contributed by atoms with Gasteiger partial charge in [0.25, 0.3) is 0 Å². The van der Waals surface area contributed by atoms with Crippen LogP contribution in [0.4, 0.5) is 17.1 Å². The molecule has 0 unspecified atom stereocenters. The lowest BCUT2D eigenvalue weighted by Crippen LogP contribution is -2.10. The fourth-order valence-corrected chi connectivity index (χ4v) is 8.52. The van der Waals surface area contributed by atoms with Crippen molar-refractivity contribution < 1.29 is 4.42 Å². The maximum Gasteiger partial charge on any atom is 0.143 e. The number of benzene rings is 10. The Morgan fingerprint density at radius 2 is 0.981 bits per heavy atom. The van der Waals surface area contributed by atoms with Crippen molar-refractivity contribution in [1.29, 1.82) is 0 Å². The number of fused-ring (bicyclic) bond motifs is 9. The highest BCUT2D eigenvalue weighted by molar-refractivity contribution is 6.19. The summed E-state index contributed by atoms with van der Waals surface area (Å²) in [5, 5.41) is 12.1. The van der Waals surface area contributed by atoms with Gasteiger partial charge in [0.05, 0.1) is 5.69 Å². The summed E-state index contributed by atoms with van der Waals surface area (Å²) in [6.07, 6.45) is 0. The summed E-state index contributed by atoms with van der Waals surface area (Å²) in [5.74, 6) is 0. The Hall–Kier alpha value is -7.16. The maximum absolute atomic E-state index is 6.58. The number of hydrogen-bond acceptors (Lipinski definition) is 2. The van der Waals surface area contributed by atoms with Crippen LogP contribution in [0, 0.1) is 0 Å². The molecule has 0 radical (unpaired) electrons. The number of anilines is 3. The minimum absolute atomic E-state index is 0.895. The number of hydrogen-bond donors (Lipinski definition) is 0. The van der Waals surface area contributed by atoms with Crippen molar-refractivity contribution in [3.63, 3.8) is 0 Å². The van der Waals surface area contributed by atoms with Crippen LogP contribution in [0.15, 0.2) is 205 Å². The molecule has 0 N–H and O–H groups in total. The quantitative estimate of drug-likeness (QED) is 0.168. The van der Waals surface area contributed by atoms with E-state index in [1.165, 1.54) is 48.8 Å². The Bertz CT molecular complexity index is 3220. The van der Waals surface area contributed by atoms with Crippen LogP contribution in [0.3, 0.4) is 0 Å². The van der Waals surface area contributed by atoms with Crippen molar-refractivity contribution in [1.82, 2.24) is 0 Å². The third kappa shape index (κ3) is 4.81. The van der Waals surface area contributed by atoms with Crippen LogP contribution in [0.25, 0.3) is 87.3 Å². The second kappa shape index (κ2) is 12.2. The minimum Gasteiger partial charge on any atom is -0.455 e. The average Bonchev–Trinajstić information content (AvgIpc) is 3.64. The van der Waals surface area contributed by atoms with Gasteiger partial charge in [-0.15, -0.1) is 0 Å². The highest BCUT2D eigenvalue weighted by Crippen LogP contribution is 2.44. The molecule has 10 aromatic carbocycles. The Labute approximate surface area is 312 Å². The molecule has 0 aliphatic rings. The number of nitrogens with zero attached hydrogens (tertiary/aromatic N) is 1. The zero-order chi connectivity index (χ0) is 35.6. The van der Waals surface area contributed by atoms with Crippen molar-refractivity contribution in [2.45, 2.75) is 0 Å². The fourth-order valence-electron chi connectivity index (χ4n) is 8.52. The molecule has 252 valence electrons. The molecular weight excluding hydrogens is 655 g/mol. The lowest BCUT2D eigenvalue weighted by atomic mass is 9.93. The van der Waals surface area contributed by atoms with E-state index < -0.39 is 0 Å². The zero-order valence-corrected chi connectivity index (χ0v) is 29.4. The third-order valence-corrected chi connectivity index (χ3v) is 11.0. The van der Waals surface area contributed by atoms with Crippen LogP contribution in [0.5, 0.6) is 0 Å². The molecule has 0 atom stereocenters. The van der Waals surface area contributed by atoms with Gasteiger partial charge >= 0.3 is 0 Å². The maximum atomic E-state index is 6.58. The van der Waals surface area contributed by atoms with E-state index in [4.69, 9.17) is 4.42 Å². The van der Waals surface area contributed by atoms with Gasteiger partial charge in [0.2, 0.25) is 0 Å². The van der Waals surface area contributed by atoms with Gasteiger partial charge in [-0.2, -0.15) is 0 Å². The molecule has 1 heterocycles. The highest BCUT2D eigenvalue weighted by Gasteiger charge is 2.19. The lowest BCUT2D eigenvalue weighted by molar-refractivity contribution is 0.673. The molecule has 11 rings (SSSR count). The second-order valence-corrected chi connectivity index (χ2v) is 14.1. The van der Waals surface area contributed by atoms with Crippen molar-refractivity contribution >= 4 is 82.1 Å². The minimum atomic E-state index is 0.895. The molecular formula is C52H33NO. The summed E-state index contributed by atoms with van der Waals surface area (Å²) in [4.78, 5) is 2.40. The van der Waals surface area contributed by atoms with Crippen LogP contribution >= 0.6 is 0 Å². The Kier molecular flexibility index (Phi) is 6.90. The summed E-state index contributed by atoms with van der Waals surface area (Å²) >= 11 is 0. The predicted octanol–water partition coefficient (Wildman–Crippen LogP) is 15.0. The third-order valence-electron chi connectivity index (χ3n) is 11.0. The average molecular weight is 688 g/mol. The van der Waals surface area contributed by atoms with E-state index in [9.17, 15) is 0 Å². The van der Waals surface area contributed by atoms with Crippen LogP contribution in [0.2, 0.25) is 0 Å². The molecule has 1 aromatic heterocycles. The normalized spacial score (nSPS) is 11.7. The SMILES string of the molecule is c1cc(-c2cccc3oc4c5ccccc5ccc4c23)cc(N(c2ccc(-c3cc4ccccc4c4ccccc34)cc2)c2cccc3ccccc23)c1.